The molecule has 2 aromatic rings. The highest BCUT2D eigenvalue weighted by Crippen LogP contribution is 2.33. The molecule has 19 heavy (non-hydrogen) atoms. The number of Topliss-reactive ketones (excluding diaryl/α,β-unsaturated/α-hetero) is 1. The van der Waals surface area contributed by atoms with Crippen LogP contribution in [-0.2, 0) is 4.79 Å². The largest absolute Gasteiger partial charge is 0.388 e. The molecule has 2 atom stereocenters. The molecule has 1 aliphatic rings. The van der Waals surface area contributed by atoms with Gasteiger partial charge >= 0.3 is 0 Å². The third kappa shape index (κ3) is 2.41. The second-order valence-corrected chi connectivity index (χ2v) is 5.37. The van der Waals surface area contributed by atoms with E-state index >= 15 is 0 Å². The van der Waals surface area contributed by atoms with Crippen LogP contribution in [0.4, 0.5) is 0 Å². The van der Waals surface area contributed by atoms with Gasteiger partial charge in [0.2, 0.25) is 0 Å². The van der Waals surface area contributed by atoms with E-state index in [4.69, 9.17) is 0 Å². The number of aliphatic hydroxyl groups is 1. The van der Waals surface area contributed by atoms with Crippen molar-refractivity contribution in [1.82, 2.24) is 0 Å². The number of fused-ring (bicyclic) bond motifs is 1. The van der Waals surface area contributed by atoms with Gasteiger partial charge in [-0.25, -0.2) is 0 Å². The topological polar surface area (TPSA) is 37.3 Å². The summed E-state index contributed by atoms with van der Waals surface area (Å²) < 4.78 is 0. The summed E-state index contributed by atoms with van der Waals surface area (Å²) in [6.07, 6.45) is 2.79. The maximum Gasteiger partial charge on any atom is 0.138 e. The molecule has 1 fully saturated rings. The Morgan fingerprint density at radius 2 is 1.84 bits per heavy atom. The van der Waals surface area contributed by atoms with Crippen LogP contribution in [0.25, 0.3) is 10.8 Å². The van der Waals surface area contributed by atoms with Gasteiger partial charge in [0, 0.05) is 12.3 Å². The van der Waals surface area contributed by atoms with Crippen LogP contribution in [0.5, 0.6) is 0 Å². The first-order valence-electron chi connectivity index (χ1n) is 6.95. The van der Waals surface area contributed by atoms with Gasteiger partial charge in [0.25, 0.3) is 0 Å². The van der Waals surface area contributed by atoms with E-state index in [9.17, 15) is 9.90 Å². The van der Waals surface area contributed by atoms with Gasteiger partial charge in [0.05, 0.1) is 6.10 Å². The molecule has 0 heterocycles. The zero-order chi connectivity index (χ0) is 13.2. The minimum atomic E-state index is -0.655. The highest BCUT2D eigenvalue weighted by atomic mass is 16.3. The van der Waals surface area contributed by atoms with Crippen LogP contribution in [0, 0.1) is 5.92 Å². The van der Waals surface area contributed by atoms with Crippen molar-refractivity contribution in [2.45, 2.75) is 31.8 Å². The molecular weight excluding hydrogens is 236 g/mol. The summed E-state index contributed by atoms with van der Waals surface area (Å²) >= 11 is 0. The van der Waals surface area contributed by atoms with Gasteiger partial charge in [-0.05, 0) is 35.2 Å². The fourth-order valence-corrected chi connectivity index (χ4v) is 2.97. The molecule has 0 bridgehead atoms. The average Bonchev–Trinajstić information content (AvgIpc) is 2.46. The predicted molar refractivity (Wildman–Crippen MR) is 75.9 cm³/mol. The van der Waals surface area contributed by atoms with E-state index in [0.29, 0.717) is 6.42 Å². The smallest absolute Gasteiger partial charge is 0.138 e. The van der Waals surface area contributed by atoms with E-state index in [0.717, 1.165) is 35.6 Å². The molecule has 98 valence electrons. The molecular formula is C17H18O2. The number of carbonyl (C=O) groups excluding carboxylic acids is 1. The van der Waals surface area contributed by atoms with Crippen LogP contribution >= 0.6 is 0 Å². The second-order valence-electron chi connectivity index (χ2n) is 5.37. The van der Waals surface area contributed by atoms with Crippen molar-refractivity contribution >= 4 is 16.6 Å². The number of rotatable bonds is 2. The maximum absolute atomic E-state index is 11.9. The second kappa shape index (κ2) is 5.14. The third-order valence-corrected chi connectivity index (χ3v) is 4.10. The Balaban J connectivity index is 1.92. The zero-order valence-corrected chi connectivity index (χ0v) is 10.9. The standard InChI is InChI=1S/C17H18O2/c18-16-8-4-3-7-15(16)17(19)14-10-9-12-5-1-2-6-13(12)11-14/h1-2,5-6,9-11,15,17,19H,3-4,7-8H2/t15-,17-/m0/s1. The minimum Gasteiger partial charge on any atom is -0.388 e. The van der Waals surface area contributed by atoms with Crippen LogP contribution in [0.2, 0.25) is 0 Å². The summed E-state index contributed by atoms with van der Waals surface area (Å²) in [4.78, 5) is 11.9. The minimum absolute atomic E-state index is 0.213. The van der Waals surface area contributed by atoms with Crippen LogP contribution in [-0.4, -0.2) is 10.9 Å². The van der Waals surface area contributed by atoms with E-state index in [2.05, 4.69) is 6.07 Å². The van der Waals surface area contributed by atoms with E-state index in [1.165, 1.54) is 0 Å². The van der Waals surface area contributed by atoms with Crippen LogP contribution in [0.3, 0.4) is 0 Å². The molecule has 2 heteroatoms. The Morgan fingerprint density at radius 1 is 1.05 bits per heavy atom. The Labute approximate surface area is 113 Å². The summed E-state index contributed by atoms with van der Waals surface area (Å²) in [7, 11) is 0. The SMILES string of the molecule is O=C1CCCC[C@@H]1[C@@H](O)c1ccc2ccccc2c1. The van der Waals surface area contributed by atoms with Gasteiger partial charge in [-0.1, -0.05) is 42.8 Å². The molecule has 0 radical (unpaired) electrons. The fourth-order valence-electron chi connectivity index (χ4n) is 2.97. The number of hydrogen-bond donors (Lipinski definition) is 1. The molecule has 1 saturated carbocycles. The molecule has 0 aromatic heterocycles. The highest BCUT2D eigenvalue weighted by molar-refractivity contribution is 5.84. The first kappa shape index (κ1) is 12.4. The normalized spacial score (nSPS) is 21.5. The van der Waals surface area contributed by atoms with Crippen LogP contribution in [0.15, 0.2) is 42.5 Å². The van der Waals surface area contributed by atoms with Crippen molar-refractivity contribution in [2.75, 3.05) is 0 Å². The number of aliphatic hydroxyl groups excluding tert-OH is 1. The lowest BCUT2D eigenvalue weighted by Crippen LogP contribution is -2.25. The molecule has 1 N–H and O–H groups in total. The van der Waals surface area contributed by atoms with Gasteiger partial charge in [0.15, 0.2) is 0 Å². The molecule has 0 saturated heterocycles. The van der Waals surface area contributed by atoms with Crippen molar-refractivity contribution in [3.63, 3.8) is 0 Å². The molecule has 2 nitrogen and oxygen atoms in total. The Bertz CT molecular complexity index is 603. The molecule has 1 aliphatic carbocycles. The van der Waals surface area contributed by atoms with Crippen molar-refractivity contribution in [3.05, 3.63) is 48.0 Å². The van der Waals surface area contributed by atoms with Gasteiger partial charge in [-0.15, -0.1) is 0 Å². The number of benzene rings is 2. The maximum atomic E-state index is 11.9. The van der Waals surface area contributed by atoms with Crippen molar-refractivity contribution in [3.8, 4) is 0 Å². The van der Waals surface area contributed by atoms with Crippen molar-refractivity contribution in [2.24, 2.45) is 5.92 Å². The van der Waals surface area contributed by atoms with E-state index < -0.39 is 6.10 Å². The Morgan fingerprint density at radius 3 is 2.63 bits per heavy atom. The third-order valence-electron chi connectivity index (χ3n) is 4.10. The predicted octanol–water partition coefficient (Wildman–Crippen LogP) is 3.63. The molecule has 2 aromatic carbocycles. The lowest BCUT2D eigenvalue weighted by Gasteiger charge is -2.25. The average molecular weight is 254 g/mol. The summed E-state index contributed by atoms with van der Waals surface area (Å²) in [6, 6.07) is 14.0. The van der Waals surface area contributed by atoms with E-state index in [1.807, 2.05) is 36.4 Å². The lowest BCUT2D eigenvalue weighted by atomic mass is 9.81. The number of carbonyl (C=O) groups is 1. The molecule has 0 aliphatic heterocycles. The highest BCUT2D eigenvalue weighted by Gasteiger charge is 2.29. The first-order valence-corrected chi connectivity index (χ1v) is 6.95. The van der Waals surface area contributed by atoms with Gasteiger partial charge in [0.1, 0.15) is 5.78 Å². The summed E-state index contributed by atoms with van der Waals surface area (Å²) in [5, 5.41) is 12.7. The molecule has 3 rings (SSSR count). The lowest BCUT2D eigenvalue weighted by molar-refractivity contribution is -0.128. The summed E-state index contributed by atoms with van der Waals surface area (Å²) in [6.45, 7) is 0. The summed E-state index contributed by atoms with van der Waals surface area (Å²) in [5.74, 6) is 0.00169. The van der Waals surface area contributed by atoms with Gasteiger partial charge < -0.3 is 5.11 Å². The number of hydrogen-bond acceptors (Lipinski definition) is 2. The molecule has 0 spiro atoms. The number of ketones is 1. The van der Waals surface area contributed by atoms with Gasteiger partial charge in [-0.3, -0.25) is 4.79 Å². The van der Waals surface area contributed by atoms with Crippen molar-refractivity contribution < 1.29 is 9.90 Å². The van der Waals surface area contributed by atoms with Crippen LogP contribution in [0.1, 0.15) is 37.4 Å². The van der Waals surface area contributed by atoms with E-state index in [-0.39, 0.29) is 11.7 Å². The fraction of sp³-hybridized carbons (Fsp3) is 0.353. The van der Waals surface area contributed by atoms with Crippen LogP contribution < -0.4 is 0 Å². The Hall–Kier alpha value is -1.67. The quantitative estimate of drug-likeness (QED) is 0.888. The van der Waals surface area contributed by atoms with E-state index in [1.54, 1.807) is 0 Å². The Kier molecular flexibility index (Phi) is 3.34. The first-order chi connectivity index (χ1) is 9.25. The van der Waals surface area contributed by atoms with Crippen molar-refractivity contribution in [1.29, 1.82) is 0 Å². The molecule has 0 amide bonds. The van der Waals surface area contributed by atoms with Gasteiger partial charge in [-0.2, -0.15) is 0 Å². The summed E-state index contributed by atoms with van der Waals surface area (Å²) in [5.41, 5.74) is 0.860. The zero-order valence-electron chi connectivity index (χ0n) is 10.9. The monoisotopic (exact) mass is 254 g/mol. The molecule has 0 unspecified atom stereocenters.